The second-order valence-electron chi connectivity index (χ2n) is 7.87. The summed E-state index contributed by atoms with van der Waals surface area (Å²) >= 11 is 0. The predicted molar refractivity (Wildman–Crippen MR) is 108 cm³/mol. The summed E-state index contributed by atoms with van der Waals surface area (Å²) in [5, 5.41) is 6.13. The number of benzene rings is 1. The van der Waals surface area contributed by atoms with E-state index in [0.29, 0.717) is 19.1 Å². The molecule has 0 bridgehead atoms. The highest BCUT2D eigenvalue weighted by molar-refractivity contribution is 5.92. The minimum atomic E-state index is 0.0161. The summed E-state index contributed by atoms with van der Waals surface area (Å²) in [5.41, 5.74) is 2.01. The van der Waals surface area contributed by atoms with Crippen molar-refractivity contribution in [3.8, 4) is 0 Å². The van der Waals surface area contributed by atoms with Crippen LogP contribution >= 0.6 is 0 Å². The Labute approximate surface area is 162 Å². The highest BCUT2D eigenvalue weighted by Crippen LogP contribution is 2.17. The zero-order valence-electron chi connectivity index (χ0n) is 16.4. The van der Waals surface area contributed by atoms with Gasteiger partial charge >= 0.3 is 0 Å². The van der Waals surface area contributed by atoms with Crippen molar-refractivity contribution in [2.75, 3.05) is 44.6 Å². The number of aryl methyl sites for hydroxylation is 1. The van der Waals surface area contributed by atoms with E-state index >= 15 is 0 Å². The van der Waals surface area contributed by atoms with E-state index in [4.69, 9.17) is 0 Å². The van der Waals surface area contributed by atoms with Gasteiger partial charge in [-0.15, -0.1) is 0 Å². The molecular weight excluding hydrogens is 340 g/mol. The number of amides is 2. The lowest BCUT2D eigenvalue weighted by Gasteiger charge is -2.34. The molecule has 0 unspecified atom stereocenters. The quantitative estimate of drug-likeness (QED) is 0.802. The SMILES string of the molecule is Cc1ccc(NC(=O)CN2CCN(CC(=O)NC3CCCCC3)CC2)cc1. The first kappa shape index (κ1) is 19.8. The van der Waals surface area contributed by atoms with E-state index in [9.17, 15) is 9.59 Å². The molecule has 1 heterocycles. The van der Waals surface area contributed by atoms with Crippen LogP contribution in [-0.2, 0) is 9.59 Å². The molecule has 0 spiro atoms. The molecule has 3 rings (SSSR count). The van der Waals surface area contributed by atoms with Crippen molar-refractivity contribution in [3.63, 3.8) is 0 Å². The van der Waals surface area contributed by atoms with E-state index in [0.717, 1.165) is 44.7 Å². The van der Waals surface area contributed by atoms with Gasteiger partial charge in [0.05, 0.1) is 13.1 Å². The van der Waals surface area contributed by atoms with Crippen LogP contribution in [0.4, 0.5) is 5.69 Å². The summed E-state index contributed by atoms with van der Waals surface area (Å²) in [5.74, 6) is 0.162. The van der Waals surface area contributed by atoms with Crippen LogP contribution in [0.25, 0.3) is 0 Å². The zero-order valence-corrected chi connectivity index (χ0v) is 16.4. The number of anilines is 1. The maximum Gasteiger partial charge on any atom is 0.238 e. The first-order valence-electron chi connectivity index (χ1n) is 10.2. The summed E-state index contributed by atoms with van der Waals surface area (Å²) in [4.78, 5) is 28.8. The largest absolute Gasteiger partial charge is 0.352 e. The Kier molecular flexibility index (Phi) is 7.24. The van der Waals surface area contributed by atoms with Crippen molar-refractivity contribution in [3.05, 3.63) is 29.8 Å². The normalized spacial score (nSPS) is 19.6. The molecule has 2 aliphatic rings. The number of nitrogens with one attached hydrogen (secondary N) is 2. The molecular formula is C21H32N4O2. The van der Waals surface area contributed by atoms with Gasteiger partial charge in [-0.2, -0.15) is 0 Å². The number of piperazine rings is 1. The first-order chi connectivity index (χ1) is 13.1. The highest BCUT2D eigenvalue weighted by Gasteiger charge is 2.22. The molecule has 1 aromatic rings. The molecule has 1 aromatic carbocycles. The Balaban J connectivity index is 1.34. The van der Waals surface area contributed by atoms with Crippen LogP contribution in [0.5, 0.6) is 0 Å². The molecule has 0 radical (unpaired) electrons. The highest BCUT2D eigenvalue weighted by atomic mass is 16.2. The number of rotatable bonds is 6. The van der Waals surface area contributed by atoms with Gasteiger partial charge in [0.15, 0.2) is 0 Å². The van der Waals surface area contributed by atoms with Gasteiger partial charge in [0.1, 0.15) is 0 Å². The van der Waals surface area contributed by atoms with E-state index in [2.05, 4.69) is 20.4 Å². The molecule has 1 saturated heterocycles. The summed E-state index contributed by atoms with van der Waals surface area (Å²) in [7, 11) is 0. The third kappa shape index (κ3) is 6.63. The van der Waals surface area contributed by atoms with E-state index in [-0.39, 0.29) is 11.8 Å². The fraction of sp³-hybridized carbons (Fsp3) is 0.619. The predicted octanol–water partition coefficient (Wildman–Crippen LogP) is 2.00. The van der Waals surface area contributed by atoms with Crippen LogP contribution in [0, 0.1) is 6.92 Å². The monoisotopic (exact) mass is 372 g/mol. The third-order valence-corrected chi connectivity index (χ3v) is 5.50. The molecule has 2 fully saturated rings. The molecule has 2 amide bonds. The van der Waals surface area contributed by atoms with E-state index < -0.39 is 0 Å². The Hall–Kier alpha value is -1.92. The minimum Gasteiger partial charge on any atom is -0.352 e. The van der Waals surface area contributed by atoms with Gasteiger partial charge in [0.2, 0.25) is 11.8 Å². The smallest absolute Gasteiger partial charge is 0.238 e. The lowest BCUT2D eigenvalue weighted by Crippen LogP contribution is -2.51. The fourth-order valence-corrected chi connectivity index (χ4v) is 3.87. The van der Waals surface area contributed by atoms with Crippen LogP contribution < -0.4 is 10.6 Å². The molecule has 0 atom stereocenters. The lowest BCUT2D eigenvalue weighted by molar-refractivity contribution is -0.124. The van der Waals surface area contributed by atoms with Crippen LogP contribution in [0.15, 0.2) is 24.3 Å². The molecule has 6 heteroatoms. The molecule has 1 saturated carbocycles. The Morgan fingerprint density at radius 3 is 2.04 bits per heavy atom. The third-order valence-electron chi connectivity index (χ3n) is 5.50. The van der Waals surface area contributed by atoms with Crippen molar-refractivity contribution < 1.29 is 9.59 Å². The second-order valence-corrected chi connectivity index (χ2v) is 7.87. The number of hydrogen-bond donors (Lipinski definition) is 2. The maximum absolute atomic E-state index is 12.2. The topological polar surface area (TPSA) is 64.7 Å². The molecule has 2 N–H and O–H groups in total. The van der Waals surface area contributed by atoms with Gasteiger partial charge < -0.3 is 10.6 Å². The van der Waals surface area contributed by atoms with Crippen molar-refractivity contribution in [2.24, 2.45) is 0 Å². The Bertz CT molecular complexity index is 618. The van der Waals surface area contributed by atoms with Crippen LogP contribution in [-0.4, -0.2) is 66.9 Å². The Morgan fingerprint density at radius 1 is 0.889 bits per heavy atom. The standard InChI is InChI=1S/C21H32N4O2/c1-17-7-9-19(10-8-17)23-21(27)16-25-13-11-24(12-14-25)15-20(26)22-18-5-3-2-4-6-18/h7-10,18H,2-6,11-16H2,1H3,(H,22,26)(H,23,27). The Morgan fingerprint density at radius 2 is 1.44 bits per heavy atom. The molecule has 0 aromatic heterocycles. The van der Waals surface area contributed by atoms with Gasteiger partial charge in [-0.1, -0.05) is 37.0 Å². The summed E-state index contributed by atoms with van der Waals surface area (Å²) in [6.45, 7) is 6.19. The average molecular weight is 373 g/mol. The van der Waals surface area contributed by atoms with Gasteiger partial charge in [-0.05, 0) is 31.9 Å². The van der Waals surface area contributed by atoms with Gasteiger partial charge in [-0.25, -0.2) is 0 Å². The number of hydrogen-bond acceptors (Lipinski definition) is 4. The van der Waals surface area contributed by atoms with Crippen LogP contribution in [0.2, 0.25) is 0 Å². The molecule has 1 aliphatic heterocycles. The van der Waals surface area contributed by atoms with Gasteiger partial charge in [-0.3, -0.25) is 19.4 Å². The van der Waals surface area contributed by atoms with Crippen molar-refractivity contribution in [2.45, 2.75) is 45.1 Å². The van der Waals surface area contributed by atoms with Gasteiger partial charge in [0, 0.05) is 37.9 Å². The van der Waals surface area contributed by atoms with E-state index in [1.165, 1.54) is 24.8 Å². The number of carbonyl (C=O) groups is 2. The lowest BCUT2D eigenvalue weighted by atomic mass is 9.95. The van der Waals surface area contributed by atoms with Crippen molar-refractivity contribution in [1.29, 1.82) is 0 Å². The first-order valence-corrected chi connectivity index (χ1v) is 10.2. The minimum absolute atomic E-state index is 0.0161. The molecule has 27 heavy (non-hydrogen) atoms. The zero-order chi connectivity index (χ0) is 19.1. The van der Waals surface area contributed by atoms with Crippen LogP contribution in [0.3, 0.4) is 0 Å². The van der Waals surface area contributed by atoms with E-state index in [1.54, 1.807) is 0 Å². The molecule has 6 nitrogen and oxygen atoms in total. The van der Waals surface area contributed by atoms with Crippen molar-refractivity contribution >= 4 is 17.5 Å². The summed E-state index contributed by atoms with van der Waals surface area (Å²) < 4.78 is 0. The fourth-order valence-electron chi connectivity index (χ4n) is 3.87. The number of carbonyl (C=O) groups excluding carboxylic acids is 2. The molecule has 1 aliphatic carbocycles. The average Bonchev–Trinajstić information content (AvgIpc) is 2.66. The van der Waals surface area contributed by atoms with Crippen LogP contribution in [0.1, 0.15) is 37.7 Å². The summed E-state index contributed by atoms with van der Waals surface area (Å²) in [6, 6.07) is 8.21. The van der Waals surface area contributed by atoms with E-state index in [1.807, 2.05) is 31.2 Å². The van der Waals surface area contributed by atoms with Crippen molar-refractivity contribution in [1.82, 2.24) is 15.1 Å². The molecule has 148 valence electrons. The van der Waals surface area contributed by atoms with Gasteiger partial charge in [0.25, 0.3) is 0 Å². The number of nitrogens with zero attached hydrogens (tertiary/aromatic N) is 2. The summed E-state index contributed by atoms with van der Waals surface area (Å²) in [6.07, 6.45) is 6.00. The maximum atomic E-state index is 12.2. The second kappa shape index (κ2) is 9.85.